The van der Waals surface area contributed by atoms with Crippen LogP contribution < -0.4 is 4.74 Å². The molecule has 4 nitrogen and oxygen atoms in total. The predicted molar refractivity (Wildman–Crippen MR) is 54.1 cm³/mol. The average molecular weight is 226 g/mol. The summed E-state index contributed by atoms with van der Waals surface area (Å²) in [6.45, 7) is 2.58. The molecule has 1 unspecified atom stereocenters. The van der Waals surface area contributed by atoms with Gasteiger partial charge in [0.1, 0.15) is 11.6 Å². The maximum absolute atomic E-state index is 13.3. The second-order valence-corrected chi connectivity index (χ2v) is 3.30. The molecule has 1 aromatic carbocycles. The van der Waals surface area contributed by atoms with Crippen LogP contribution in [0.1, 0.15) is 24.2 Å². The summed E-state index contributed by atoms with van der Waals surface area (Å²) in [5.41, 5.74) is -0.0460. The van der Waals surface area contributed by atoms with E-state index in [-0.39, 0.29) is 11.3 Å². The van der Waals surface area contributed by atoms with Gasteiger partial charge in [0.25, 0.3) is 0 Å². The van der Waals surface area contributed by atoms with E-state index in [0.717, 1.165) is 6.07 Å². The SMILES string of the molecule is CC(=O)c1ccc(OC(C)C(=O)O)cc1F. The number of ether oxygens (including phenoxy) is 1. The van der Waals surface area contributed by atoms with Gasteiger partial charge in [-0.25, -0.2) is 9.18 Å². The zero-order chi connectivity index (χ0) is 12.3. The number of benzene rings is 1. The van der Waals surface area contributed by atoms with E-state index in [1.807, 2.05) is 0 Å². The molecule has 16 heavy (non-hydrogen) atoms. The van der Waals surface area contributed by atoms with E-state index >= 15 is 0 Å². The third-order valence-corrected chi connectivity index (χ3v) is 1.98. The van der Waals surface area contributed by atoms with Crippen molar-refractivity contribution in [3.05, 3.63) is 29.6 Å². The van der Waals surface area contributed by atoms with Gasteiger partial charge in [0, 0.05) is 6.07 Å². The Hall–Kier alpha value is -1.91. The molecule has 0 bridgehead atoms. The monoisotopic (exact) mass is 226 g/mol. The summed E-state index contributed by atoms with van der Waals surface area (Å²) in [6.07, 6.45) is -1.07. The Morgan fingerprint density at radius 2 is 2.06 bits per heavy atom. The van der Waals surface area contributed by atoms with Crippen molar-refractivity contribution in [2.75, 3.05) is 0 Å². The number of rotatable bonds is 4. The van der Waals surface area contributed by atoms with E-state index in [2.05, 4.69) is 0 Å². The number of Topliss-reactive ketones (excluding diaryl/α,β-unsaturated/α-hetero) is 1. The van der Waals surface area contributed by atoms with E-state index in [4.69, 9.17) is 9.84 Å². The van der Waals surface area contributed by atoms with Crippen LogP contribution in [-0.2, 0) is 4.79 Å². The van der Waals surface area contributed by atoms with Crippen molar-refractivity contribution in [2.24, 2.45) is 0 Å². The topological polar surface area (TPSA) is 63.6 Å². The Labute approximate surface area is 91.7 Å². The molecule has 1 rings (SSSR count). The van der Waals surface area contributed by atoms with Crippen molar-refractivity contribution >= 4 is 11.8 Å². The van der Waals surface area contributed by atoms with E-state index in [9.17, 15) is 14.0 Å². The average Bonchev–Trinajstić information content (AvgIpc) is 2.16. The minimum atomic E-state index is -1.14. The van der Waals surface area contributed by atoms with Gasteiger partial charge in [0.15, 0.2) is 11.9 Å². The first kappa shape index (κ1) is 12.2. The Morgan fingerprint density at radius 1 is 1.44 bits per heavy atom. The molecule has 86 valence electrons. The number of carboxylic acids is 1. The van der Waals surface area contributed by atoms with Crippen LogP contribution in [0.5, 0.6) is 5.75 Å². The normalized spacial score (nSPS) is 11.9. The third kappa shape index (κ3) is 2.79. The van der Waals surface area contributed by atoms with Crippen molar-refractivity contribution < 1.29 is 23.8 Å². The molecule has 0 fully saturated rings. The fourth-order valence-electron chi connectivity index (χ4n) is 1.11. The number of hydrogen-bond donors (Lipinski definition) is 1. The molecule has 5 heteroatoms. The number of carbonyl (C=O) groups excluding carboxylic acids is 1. The van der Waals surface area contributed by atoms with Crippen LogP contribution in [0.15, 0.2) is 18.2 Å². The predicted octanol–water partition coefficient (Wildman–Crippen LogP) is 1.88. The van der Waals surface area contributed by atoms with Crippen molar-refractivity contribution in [1.29, 1.82) is 0 Å². The highest BCUT2D eigenvalue weighted by atomic mass is 19.1. The summed E-state index contributed by atoms with van der Waals surface area (Å²) >= 11 is 0. The third-order valence-electron chi connectivity index (χ3n) is 1.98. The number of hydrogen-bond acceptors (Lipinski definition) is 3. The van der Waals surface area contributed by atoms with Crippen LogP contribution in [0.3, 0.4) is 0 Å². The molecule has 0 spiro atoms. The van der Waals surface area contributed by atoms with Crippen LogP contribution in [0.25, 0.3) is 0 Å². The van der Waals surface area contributed by atoms with Gasteiger partial charge in [-0.1, -0.05) is 0 Å². The summed E-state index contributed by atoms with van der Waals surface area (Å²) in [5.74, 6) is -2.17. The van der Waals surface area contributed by atoms with E-state index in [1.165, 1.54) is 26.0 Å². The molecule has 0 amide bonds. The first-order valence-corrected chi connectivity index (χ1v) is 4.61. The lowest BCUT2D eigenvalue weighted by molar-refractivity contribution is -0.144. The molecule has 0 aliphatic carbocycles. The molecule has 1 aromatic rings. The van der Waals surface area contributed by atoms with Crippen molar-refractivity contribution in [3.63, 3.8) is 0 Å². The lowest BCUT2D eigenvalue weighted by Gasteiger charge is -2.10. The van der Waals surface area contributed by atoms with E-state index in [0.29, 0.717) is 0 Å². The molecule has 0 aromatic heterocycles. The lowest BCUT2D eigenvalue weighted by atomic mass is 10.1. The van der Waals surface area contributed by atoms with Crippen molar-refractivity contribution in [2.45, 2.75) is 20.0 Å². The van der Waals surface area contributed by atoms with Gasteiger partial charge in [-0.3, -0.25) is 4.79 Å². The van der Waals surface area contributed by atoms with Gasteiger partial charge in [0.05, 0.1) is 5.56 Å². The number of carboxylic acid groups (broad SMARTS) is 1. The summed E-state index contributed by atoms with van der Waals surface area (Å²) in [6, 6.07) is 3.62. The summed E-state index contributed by atoms with van der Waals surface area (Å²) in [7, 11) is 0. The van der Waals surface area contributed by atoms with Crippen LogP contribution in [0.2, 0.25) is 0 Å². The van der Waals surface area contributed by atoms with Gasteiger partial charge in [-0.2, -0.15) is 0 Å². The molecule has 1 N–H and O–H groups in total. The zero-order valence-corrected chi connectivity index (χ0v) is 8.86. The Bertz CT molecular complexity index is 428. The highest BCUT2D eigenvalue weighted by Crippen LogP contribution is 2.18. The second-order valence-electron chi connectivity index (χ2n) is 3.30. The molecule has 0 heterocycles. The quantitative estimate of drug-likeness (QED) is 0.796. The second kappa shape index (κ2) is 4.74. The fraction of sp³-hybridized carbons (Fsp3) is 0.273. The molecule has 0 saturated carbocycles. The molecule has 0 radical (unpaired) electrons. The van der Waals surface area contributed by atoms with Crippen molar-refractivity contribution in [3.8, 4) is 5.75 Å². The van der Waals surface area contributed by atoms with Gasteiger partial charge in [-0.15, -0.1) is 0 Å². The Balaban J connectivity index is 2.89. The molecular weight excluding hydrogens is 215 g/mol. The Morgan fingerprint density at radius 3 is 2.50 bits per heavy atom. The first-order valence-electron chi connectivity index (χ1n) is 4.61. The number of aliphatic carboxylic acids is 1. The Kier molecular flexibility index (Phi) is 3.60. The molecule has 0 aliphatic heterocycles. The summed E-state index contributed by atoms with van der Waals surface area (Å²) in [5, 5.41) is 8.58. The smallest absolute Gasteiger partial charge is 0.344 e. The molecule has 0 saturated heterocycles. The maximum atomic E-state index is 13.3. The lowest BCUT2D eigenvalue weighted by Crippen LogP contribution is -2.22. The van der Waals surface area contributed by atoms with Crippen LogP contribution >= 0.6 is 0 Å². The number of halogens is 1. The minimum absolute atomic E-state index is 0.0460. The van der Waals surface area contributed by atoms with Crippen LogP contribution in [-0.4, -0.2) is 23.0 Å². The molecular formula is C11H11FO4. The molecule has 1 atom stereocenters. The fourth-order valence-corrected chi connectivity index (χ4v) is 1.11. The minimum Gasteiger partial charge on any atom is -0.479 e. The highest BCUT2D eigenvalue weighted by Gasteiger charge is 2.14. The number of ketones is 1. The van der Waals surface area contributed by atoms with Crippen LogP contribution in [0, 0.1) is 5.82 Å². The van der Waals surface area contributed by atoms with Gasteiger partial charge in [0.2, 0.25) is 0 Å². The first-order chi connectivity index (χ1) is 7.41. The van der Waals surface area contributed by atoms with Gasteiger partial charge in [-0.05, 0) is 26.0 Å². The van der Waals surface area contributed by atoms with Crippen LogP contribution in [0.4, 0.5) is 4.39 Å². The van der Waals surface area contributed by atoms with E-state index < -0.39 is 23.7 Å². The van der Waals surface area contributed by atoms with Gasteiger partial charge < -0.3 is 9.84 Å². The standard InChI is InChI=1S/C11H11FO4/c1-6(13)9-4-3-8(5-10(9)12)16-7(2)11(14)15/h3-5,7H,1-2H3,(H,14,15). The summed E-state index contributed by atoms with van der Waals surface area (Å²) < 4.78 is 18.2. The van der Waals surface area contributed by atoms with E-state index in [1.54, 1.807) is 0 Å². The largest absolute Gasteiger partial charge is 0.479 e. The molecule has 0 aliphatic rings. The summed E-state index contributed by atoms with van der Waals surface area (Å²) in [4.78, 5) is 21.4. The zero-order valence-electron chi connectivity index (χ0n) is 8.86. The van der Waals surface area contributed by atoms with Gasteiger partial charge >= 0.3 is 5.97 Å². The maximum Gasteiger partial charge on any atom is 0.344 e. The highest BCUT2D eigenvalue weighted by molar-refractivity contribution is 5.94. The van der Waals surface area contributed by atoms with Crippen molar-refractivity contribution in [1.82, 2.24) is 0 Å². The number of carbonyl (C=O) groups is 2.